The molecule has 2 heterocycles. The molecule has 0 atom stereocenters. The Morgan fingerprint density at radius 3 is 2.67 bits per heavy atom. The van der Waals surface area contributed by atoms with E-state index < -0.39 is 0 Å². The molecular formula is C24H32N4O2. The van der Waals surface area contributed by atoms with Gasteiger partial charge in [0.2, 0.25) is 5.91 Å². The third-order valence-corrected chi connectivity index (χ3v) is 6.31. The Morgan fingerprint density at radius 1 is 1.17 bits per heavy atom. The first-order valence-electron chi connectivity index (χ1n) is 11.3. The lowest BCUT2D eigenvalue weighted by atomic mass is 9.95. The fourth-order valence-corrected chi connectivity index (χ4v) is 4.69. The van der Waals surface area contributed by atoms with Crippen LogP contribution in [0.3, 0.4) is 0 Å². The molecule has 4 rings (SSSR count). The molecule has 0 saturated heterocycles. The Bertz CT molecular complexity index is 932. The normalized spacial score (nSPS) is 17.5. The van der Waals surface area contributed by atoms with Crippen molar-refractivity contribution in [3.05, 3.63) is 63.3 Å². The van der Waals surface area contributed by atoms with Crippen LogP contribution in [0.2, 0.25) is 0 Å². The Balaban J connectivity index is 1.51. The number of nitrogens with one attached hydrogen (secondary N) is 1. The maximum Gasteiger partial charge on any atom is 0.258 e. The quantitative estimate of drug-likeness (QED) is 0.798. The smallest absolute Gasteiger partial charge is 0.258 e. The molecule has 6 nitrogen and oxygen atoms in total. The van der Waals surface area contributed by atoms with E-state index >= 15 is 0 Å². The Morgan fingerprint density at radius 2 is 1.93 bits per heavy atom. The first-order chi connectivity index (χ1) is 14.6. The van der Waals surface area contributed by atoms with Crippen molar-refractivity contribution in [2.45, 2.75) is 77.5 Å². The molecule has 160 valence electrons. The average molecular weight is 409 g/mol. The molecule has 2 aliphatic rings. The van der Waals surface area contributed by atoms with E-state index in [2.05, 4.69) is 22.3 Å². The SMILES string of the molecule is CCc1nc2c(c(=O)n1CC(=O)NC1CCCCC1)CN(Cc1ccccc1)CC2. The van der Waals surface area contributed by atoms with Crippen LogP contribution < -0.4 is 10.9 Å². The molecule has 2 aromatic rings. The van der Waals surface area contributed by atoms with Crippen molar-refractivity contribution in [1.29, 1.82) is 0 Å². The molecule has 0 unspecified atom stereocenters. The van der Waals surface area contributed by atoms with E-state index in [-0.39, 0.29) is 24.1 Å². The molecule has 0 bridgehead atoms. The van der Waals surface area contributed by atoms with E-state index in [1.54, 1.807) is 4.57 Å². The first kappa shape index (κ1) is 20.8. The Labute approximate surface area is 178 Å². The number of fused-ring (bicyclic) bond motifs is 1. The minimum absolute atomic E-state index is 0.0478. The maximum atomic E-state index is 13.3. The van der Waals surface area contributed by atoms with E-state index in [0.29, 0.717) is 18.8 Å². The molecule has 30 heavy (non-hydrogen) atoms. The van der Waals surface area contributed by atoms with Crippen LogP contribution in [0.5, 0.6) is 0 Å². The number of hydrogen-bond donors (Lipinski definition) is 1. The second-order valence-corrected chi connectivity index (χ2v) is 8.55. The van der Waals surface area contributed by atoms with E-state index in [9.17, 15) is 9.59 Å². The zero-order valence-corrected chi connectivity index (χ0v) is 17.9. The summed E-state index contributed by atoms with van der Waals surface area (Å²) in [5.74, 6) is 0.645. The molecule has 1 amide bonds. The summed E-state index contributed by atoms with van der Waals surface area (Å²) in [5, 5.41) is 3.13. The van der Waals surface area contributed by atoms with E-state index in [0.717, 1.165) is 43.6 Å². The molecule has 0 radical (unpaired) electrons. The van der Waals surface area contributed by atoms with Crippen LogP contribution in [0.1, 0.15) is 61.7 Å². The van der Waals surface area contributed by atoms with Gasteiger partial charge in [0.15, 0.2) is 0 Å². The number of amides is 1. The maximum absolute atomic E-state index is 13.3. The molecule has 6 heteroatoms. The summed E-state index contributed by atoms with van der Waals surface area (Å²) in [5.41, 5.74) is 2.85. The largest absolute Gasteiger partial charge is 0.352 e. The highest BCUT2D eigenvalue weighted by Crippen LogP contribution is 2.19. The topological polar surface area (TPSA) is 67.2 Å². The third-order valence-electron chi connectivity index (χ3n) is 6.31. The van der Waals surface area contributed by atoms with Crippen molar-refractivity contribution in [2.24, 2.45) is 0 Å². The standard InChI is InChI=1S/C24H32N4O2/c1-2-22-26-21-13-14-27(15-18-9-5-3-6-10-18)16-20(21)24(30)28(22)17-23(29)25-19-11-7-4-8-12-19/h3,5-6,9-10,19H,2,4,7-8,11-17H2,1H3,(H,25,29). The van der Waals surface area contributed by atoms with Gasteiger partial charge in [0.25, 0.3) is 5.56 Å². The minimum atomic E-state index is -0.0719. The summed E-state index contributed by atoms with van der Waals surface area (Å²) in [4.78, 5) is 33.1. The fourth-order valence-electron chi connectivity index (χ4n) is 4.69. The van der Waals surface area contributed by atoms with Gasteiger partial charge in [0, 0.05) is 38.5 Å². The zero-order valence-electron chi connectivity index (χ0n) is 17.9. The second-order valence-electron chi connectivity index (χ2n) is 8.55. The predicted octanol–water partition coefficient (Wildman–Crippen LogP) is 2.81. The van der Waals surface area contributed by atoms with Crippen LogP contribution in [0.15, 0.2) is 35.1 Å². The lowest BCUT2D eigenvalue weighted by Crippen LogP contribution is -2.43. The Hall–Kier alpha value is -2.47. The van der Waals surface area contributed by atoms with Crippen molar-refractivity contribution in [2.75, 3.05) is 6.54 Å². The van der Waals surface area contributed by atoms with Crippen molar-refractivity contribution >= 4 is 5.91 Å². The monoisotopic (exact) mass is 408 g/mol. The van der Waals surface area contributed by atoms with Gasteiger partial charge in [-0.1, -0.05) is 56.5 Å². The first-order valence-corrected chi connectivity index (χ1v) is 11.3. The predicted molar refractivity (Wildman–Crippen MR) is 117 cm³/mol. The summed E-state index contributed by atoms with van der Waals surface area (Å²) in [6.45, 7) is 4.36. The van der Waals surface area contributed by atoms with Gasteiger partial charge >= 0.3 is 0 Å². The van der Waals surface area contributed by atoms with E-state index in [1.165, 1.54) is 24.8 Å². The Kier molecular flexibility index (Phi) is 6.62. The summed E-state index contributed by atoms with van der Waals surface area (Å²) in [6.07, 6.45) is 7.09. The van der Waals surface area contributed by atoms with Crippen molar-refractivity contribution in [3.8, 4) is 0 Å². The molecule has 1 fully saturated rings. The molecule has 0 spiro atoms. The lowest BCUT2D eigenvalue weighted by Gasteiger charge is -2.29. The summed E-state index contributed by atoms with van der Waals surface area (Å²) in [7, 11) is 0. The van der Waals surface area contributed by atoms with Gasteiger partial charge in [-0.3, -0.25) is 19.1 Å². The lowest BCUT2D eigenvalue weighted by molar-refractivity contribution is -0.122. The minimum Gasteiger partial charge on any atom is -0.352 e. The third kappa shape index (κ3) is 4.81. The number of carbonyl (C=O) groups is 1. The summed E-state index contributed by atoms with van der Waals surface area (Å²) in [6, 6.07) is 10.6. The average Bonchev–Trinajstić information content (AvgIpc) is 2.77. The second kappa shape index (κ2) is 9.56. The van der Waals surface area contributed by atoms with Crippen LogP contribution in [0, 0.1) is 0 Å². The van der Waals surface area contributed by atoms with Gasteiger partial charge in [-0.2, -0.15) is 0 Å². The number of hydrogen-bond acceptors (Lipinski definition) is 4. The number of aryl methyl sites for hydroxylation is 1. The van der Waals surface area contributed by atoms with Crippen LogP contribution in [-0.4, -0.2) is 32.9 Å². The van der Waals surface area contributed by atoms with Crippen LogP contribution in [0.25, 0.3) is 0 Å². The summed E-state index contributed by atoms with van der Waals surface area (Å²) >= 11 is 0. The van der Waals surface area contributed by atoms with Crippen LogP contribution in [0.4, 0.5) is 0 Å². The van der Waals surface area contributed by atoms with Gasteiger partial charge in [-0.25, -0.2) is 4.98 Å². The molecule has 1 aliphatic heterocycles. The highest BCUT2D eigenvalue weighted by Gasteiger charge is 2.24. The number of aromatic nitrogens is 2. The van der Waals surface area contributed by atoms with Crippen molar-refractivity contribution in [1.82, 2.24) is 19.8 Å². The van der Waals surface area contributed by atoms with Crippen molar-refractivity contribution in [3.63, 3.8) is 0 Å². The van der Waals surface area contributed by atoms with Gasteiger partial charge in [0.1, 0.15) is 12.4 Å². The zero-order chi connectivity index (χ0) is 20.9. The molecular weight excluding hydrogens is 376 g/mol. The molecule has 1 N–H and O–H groups in total. The number of nitrogens with zero attached hydrogens (tertiary/aromatic N) is 3. The van der Waals surface area contributed by atoms with Crippen LogP contribution >= 0.6 is 0 Å². The molecule has 1 aromatic carbocycles. The van der Waals surface area contributed by atoms with Gasteiger partial charge in [-0.15, -0.1) is 0 Å². The molecule has 1 aliphatic carbocycles. The van der Waals surface area contributed by atoms with E-state index in [1.807, 2.05) is 25.1 Å². The summed E-state index contributed by atoms with van der Waals surface area (Å²) < 4.78 is 1.60. The molecule has 1 saturated carbocycles. The van der Waals surface area contributed by atoms with E-state index in [4.69, 9.17) is 4.98 Å². The number of carbonyl (C=O) groups excluding carboxylic acids is 1. The van der Waals surface area contributed by atoms with Gasteiger partial charge in [0.05, 0.1) is 11.3 Å². The highest BCUT2D eigenvalue weighted by molar-refractivity contribution is 5.76. The fraction of sp³-hybridized carbons (Fsp3) is 0.542. The van der Waals surface area contributed by atoms with Crippen LogP contribution in [-0.2, 0) is 37.3 Å². The highest BCUT2D eigenvalue weighted by atomic mass is 16.2. The van der Waals surface area contributed by atoms with Crippen molar-refractivity contribution < 1.29 is 4.79 Å². The number of rotatable bonds is 6. The molecule has 1 aromatic heterocycles. The van der Waals surface area contributed by atoms with Gasteiger partial charge < -0.3 is 5.32 Å². The van der Waals surface area contributed by atoms with Gasteiger partial charge in [-0.05, 0) is 18.4 Å². The number of benzene rings is 1.